The molecule has 224 valence electrons. The second kappa shape index (κ2) is 12.7. The lowest BCUT2D eigenvalue weighted by Crippen LogP contribution is -2.47. The van der Waals surface area contributed by atoms with Crippen LogP contribution in [0.3, 0.4) is 0 Å². The molecule has 2 aromatic heterocycles. The Labute approximate surface area is 257 Å². The highest BCUT2D eigenvalue weighted by Crippen LogP contribution is 2.35. The molecule has 6 rings (SSSR count). The second-order valence-electron chi connectivity index (χ2n) is 10.6. The number of amides is 1. The van der Waals surface area contributed by atoms with Crippen LogP contribution in [0.4, 0.5) is 5.82 Å². The number of ether oxygens (including phenoxy) is 2. The Morgan fingerprint density at radius 3 is 2.67 bits per heavy atom. The fourth-order valence-electron chi connectivity index (χ4n) is 5.42. The Kier molecular flexibility index (Phi) is 8.63. The van der Waals surface area contributed by atoms with Crippen LogP contribution < -0.4 is 19.9 Å². The maximum Gasteiger partial charge on any atom is 0.303 e. The highest BCUT2D eigenvalue weighted by molar-refractivity contribution is 8.26. The molecule has 2 saturated heterocycles. The molecule has 0 radical (unpaired) electrons. The van der Waals surface area contributed by atoms with Crippen LogP contribution in [0.1, 0.15) is 36.8 Å². The van der Waals surface area contributed by atoms with Gasteiger partial charge in [-0.3, -0.25) is 28.6 Å². The van der Waals surface area contributed by atoms with Gasteiger partial charge in [-0.05, 0) is 48.7 Å². The number of carbonyl (C=O) groups excluding carboxylic acids is 1. The number of hydrogen-bond donors (Lipinski definition) is 1. The molecule has 2 fully saturated rings. The summed E-state index contributed by atoms with van der Waals surface area (Å²) in [7, 11) is 0. The number of benzene rings is 1. The van der Waals surface area contributed by atoms with E-state index in [9.17, 15) is 14.4 Å². The molecule has 3 aliphatic rings. The van der Waals surface area contributed by atoms with E-state index in [2.05, 4.69) is 15.9 Å². The molecule has 13 heteroatoms. The van der Waals surface area contributed by atoms with E-state index in [1.54, 1.807) is 24.4 Å². The molecule has 43 heavy (non-hydrogen) atoms. The quantitative estimate of drug-likeness (QED) is 0.203. The van der Waals surface area contributed by atoms with Crippen molar-refractivity contribution in [3.63, 3.8) is 0 Å². The van der Waals surface area contributed by atoms with Crippen molar-refractivity contribution in [3.05, 3.63) is 69.0 Å². The number of anilines is 1. The molecular formula is C30H31N5O6S2. The van der Waals surface area contributed by atoms with E-state index in [0.29, 0.717) is 65.2 Å². The van der Waals surface area contributed by atoms with Crippen LogP contribution in [0.2, 0.25) is 0 Å². The van der Waals surface area contributed by atoms with Crippen molar-refractivity contribution in [1.29, 1.82) is 0 Å². The van der Waals surface area contributed by atoms with Crippen LogP contribution in [-0.2, 0) is 16.1 Å². The monoisotopic (exact) mass is 621 g/mol. The standard InChI is InChI=1S/C30H31N5O6S2/c36-26(37)7-2-1-4-11-35-29(39)24(43-30(35)42)17-21-27(31-25-6-3-5-10-34(25)28(21)38)33-14-12-32(13-15-33)18-20-8-9-22-23(16-20)41-19-40-22/h3,5-6,8-10,16-17H,1-2,4,7,11-15,18-19H2,(H,36,37). The van der Waals surface area contributed by atoms with E-state index in [-0.39, 0.29) is 24.7 Å². The highest BCUT2D eigenvalue weighted by atomic mass is 32.2. The Bertz CT molecular complexity index is 1670. The van der Waals surface area contributed by atoms with Crippen LogP contribution in [0.15, 0.2) is 52.3 Å². The predicted molar refractivity (Wildman–Crippen MR) is 167 cm³/mol. The van der Waals surface area contributed by atoms with Gasteiger partial charge in [0.1, 0.15) is 15.8 Å². The number of pyridine rings is 1. The number of aromatic nitrogens is 2. The van der Waals surface area contributed by atoms with Crippen LogP contribution in [0.25, 0.3) is 11.7 Å². The van der Waals surface area contributed by atoms with Crippen LogP contribution in [0, 0.1) is 0 Å². The van der Waals surface area contributed by atoms with Gasteiger partial charge >= 0.3 is 5.97 Å². The molecule has 0 saturated carbocycles. The van der Waals surface area contributed by atoms with E-state index in [1.807, 2.05) is 18.2 Å². The van der Waals surface area contributed by atoms with Gasteiger partial charge in [0, 0.05) is 51.9 Å². The first-order valence-corrected chi connectivity index (χ1v) is 15.4. The number of piperazine rings is 1. The zero-order valence-electron chi connectivity index (χ0n) is 23.4. The Morgan fingerprint density at radius 1 is 1.05 bits per heavy atom. The fraction of sp³-hybridized carbons (Fsp3) is 0.367. The number of hydrogen-bond acceptors (Lipinski definition) is 10. The third kappa shape index (κ3) is 6.38. The topological polar surface area (TPSA) is 117 Å². The first kappa shape index (κ1) is 29.1. The molecule has 0 aliphatic carbocycles. The van der Waals surface area contributed by atoms with E-state index < -0.39 is 5.97 Å². The number of carboxylic acid groups (broad SMARTS) is 1. The second-order valence-corrected chi connectivity index (χ2v) is 12.2. The van der Waals surface area contributed by atoms with Gasteiger partial charge in [0.05, 0.1) is 10.5 Å². The summed E-state index contributed by atoms with van der Waals surface area (Å²) in [6.45, 7) is 4.30. The molecule has 0 bridgehead atoms. The summed E-state index contributed by atoms with van der Waals surface area (Å²) in [5, 5.41) is 8.85. The minimum absolute atomic E-state index is 0.104. The Morgan fingerprint density at radius 2 is 1.86 bits per heavy atom. The van der Waals surface area contributed by atoms with Gasteiger partial charge in [0.25, 0.3) is 11.5 Å². The summed E-state index contributed by atoms with van der Waals surface area (Å²) < 4.78 is 12.9. The highest BCUT2D eigenvalue weighted by Gasteiger charge is 2.33. The zero-order valence-corrected chi connectivity index (χ0v) is 25.1. The average Bonchev–Trinajstić information content (AvgIpc) is 3.58. The summed E-state index contributed by atoms with van der Waals surface area (Å²) in [4.78, 5) is 49.1. The van der Waals surface area contributed by atoms with Gasteiger partial charge < -0.3 is 19.5 Å². The fourth-order valence-corrected chi connectivity index (χ4v) is 6.71. The van der Waals surface area contributed by atoms with Crippen molar-refractivity contribution in [1.82, 2.24) is 19.2 Å². The molecule has 0 unspecified atom stereocenters. The minimum Gasteiger partial charge on any atom is -0.481 e. The lowest BCUT2D eigenvalue weighted by molar-refractivity contribution is -0.137. The van der Waals surface area contributed by atoms with E-state index >= 15 is 0 Å². The van der Waals surface area contributed by atoms with Crippen molar-refractivity contribution in [2.75, 3.05) is 44.4 Å². The number of carboxylic acids is 1. The molecule has 3 aromatic rings. The van der Waals surface area contributed by atoms with E-state index in [4.69, 9.17) is 31.8 Å². The molecule has 1 amide bonds. The first-order chi connectivity index (χ1) is 20.9. The van der Waals surface area contributed by atoms with Crippen molar-refractivity contribution < 1.29 is 24.2 Å². The largest absolute Gasteiger partial charge is 0.481 e. The Balaban J connectivity index is 1.20. The molecule has 11 nitrogen and oxygen atoms in total. The molecule has 5 heterocycles. The molecule has 0 atom stereocenters. The van der Waals surface area contributed by atoms with Crippen LogP contribution in [-0.4, -0.2) is 80.0 Å². The van der Waals surface area contributed by atoms with Crippen molar-refractivity contribution in [2.45, 2.75) is 32.2 Å². The van der Waals surface area contributed by atoms with Gasteiger partial charge in [-0.25, -0.2) is 4.98 Å². The molecule has 0 spiro atoms. The van der Waals surface area contributed by atoms with Gasteiger partial charge in [-0.15, -0.1) is 0 Å². The summed E-state index contributed by atoms with van der Waals surface area (Å²) in [5.74, 6) is 1.02. The number of thioether (sulfide) groups is 1. The van der Waals surface area contributed by atoms with Crippen molar-refractivity contribution in [2.24, 2.45) is 0 Å². The summed E-state index contributed by atoms with van der Waals surface area (Å²) >= 11 is 6.67. The van der Waals surface area contributed by atoms with Gasteiger partial charge in [-0.1, -0.05) is 42.5 Å². The molecule has 1 N–H and O–H groups in total. The third-order valence-electron chi connectivity index (χ3n) is 7.69. The van der Waals surface area contributed by atoms with Crippen LogP contribution in [0.5, 0.6) is 11.5 Å². The van der Waals surface area contributed by atoms with Gasteiger partial charge in [0.2, 0.25) is 6.79 Å². The minimum atomic E-state index is -0.828. The van der Waals surface area contributed by atoms with E-state index in [1.165, 1.54) is 21.1 Å². The number of carbonyl (C=O) groups is 2. The first-order valence-electron chi connectivity index (χ1n) is 14.2. The number of rotatable bonds is 10. The average molecular weight is 622 g/mol. The summed E-state index contributed by atoms with van der Waals surface area (Å²) in [6.07, 6.45) is 5.29. The van der Waals surface area contributed by atoms with Crippen molar-refractivity contribution in [3.8, 4) is 11.5 Å². The summed E-state index contributed by atoms with van der Waals surface area (Å²) in [6, 6.07) is 11.4. The smallest absolute Gasteiger partial charge is 0.303 e. The number of fused-ring (bicyclic) bond motifs is 2. The van der Waals surface area contributed by atoms with Gasteiger partial charge in [0.15, 0.2) is 11.5 Å². The van der Waals surface area contributed by atoms with Crippen LogP contribution >= 0.6 is 24.0 Å². The number of unbranched alkanes of at least 4 members (excludes halogenated alkanes) is 2. The lowest BCUT2D eigenvalue weighted by atomic mass is 10.1. The molecular weight excluding hydrogens is 590 g/mol. The zero-order chi connectivity index (χ0) is 29.9. The third-order valence-corrected chi connectivity index (χ3v) is 9.06. The van der Waals surface area contributed by atoms with Crippen molar-refractivity contribution >= 4 is 57.7 Å². The van der Waals surface area contributed by atoms with Gasteiger partial charge in [-0.2, -0.15) is 0 Å². The lowest BCUT2D eigenvalue weighted by Gasteiger charge is -2.36. The predicted octanol–water partition coefficient (Wildman–Crippen LogP) is 3.59. The number of nitrogens with zero attached hydrogens (tertiary/aromatic N) is 5. The maximum absolute atomic E-state index is 13.8. The molecule has 1 aromatic carbocycles. The Hall–Kier alpha value is -3.94. The SMILES string of the molecule is O=C(O)CCCCCN1C(=O)C(=Cc2c(N3CCN(Cc4ccc5c(c4)OCO5)CC3)nc3ccccn3c2=O)SC1=S. The number of thiocarbonyl (C=S) groups is 1. The summed E-state index contributed by atoms with van der Waals surface area (Å²) in [5.41, 5.74) is 1.79. The van der Waals surface area contributed by atoms with E-state index in [0.717, 1.165) is 36.7 Å². The molecule has 3 aliphatic heterocycles. The normalized spacial score (nSPS) is 17.9. The number of aliphatic carboxylic acids is 1. The maximum atomic E-state index is 13.8.